The van der Waals surface area contributed by atoms with Gasteiger partial charge in [-0.05, 0) is 35.2 Å². The third kappa shape index (κ3) is 6.66. The highest BCUT2D eigenvalue weighted by Crippen LogP contribution is 2.13. The van der Waals surface area contributed by atoms with Gasteiger partial charge < -0.3 is 5.32 Å². The lowest BCUT2D eigenvalue weighted by Crippen LogP contribution is -2.30. The maximum Gasteiger partial charge on any atom is 0.269 e. The van der Waals surface area contributed by atoms with E-state index >= 15 is 0 Å². The fraction of sp³-hybridized carbons (Fsp3) is 0.167. The molecule has 8 heteroatoms. The van der Waals surface area contributed by atoms with Crippen molar-refractivity contribution >= 4 is 51.9 Å². The van der Waals surface area contributed by atoms with Crippen LogP contribution in [0.2, 0.25) is 0 Å². The molecule has 1 aromatic heterocycles. The van der Waals surface area contributed by atoms with E-state index in [-0.39, 0.29) is 30.3 Å². The largest absolute Gasteiger partial charge is 0.351 e. The minimum absolute atomic E-state index is 0.00653. The lowest BCUT2D eigenvalue weighted by atomic mass is 10.1. The van der Waals surface area contributed by atoms with Crippen LogP contribution in [0.4, 0.5) is 5.69 Å². The van der Waals surface area contributed by atoms with Crippen LogP contribution < -0.4 is 5.32 Å². The fourth-order valence-corrected chi connectivity index (χ4v) is 2.96. The number of carbonyl (C=O) groups excluding carboxylic acids is 2. The van der Waals surface area contributed by atoms with Crippen LogP contribution in [0, 0.1) is 10.1 Å². The van der Waals surface area contributed by atoms with Gasteiger partial charge in [0.15, 0.2) is 5.78 Å². The first-order valence-electron chi connectivity index (χ1n) is 7.70. The van der Waals surface area contributed by atoms with E-state index in [4.69, 9.17) is 12.2 Å². The maximum absolute atomic E-state index is 11.9. The first-order valence-corrected chi connectivity index (χ1v) is 8.99. The molecule has 0 atom stereocenters. The van der Waals surface area contributed by atoms with Gasteiger partial charge in [-0.15, -0.1) is 11.3 Å². The summed E-state index contributed by atoms with van der Waals surface area (Å²) in [4.78, 5) is 35.2. The standard InChI is InChI=1S/C18H16N2O4S2/c21-15(8-5-13-3-6-14(7-4-13)20(23)24)10-16(25)12-19-18(22)11-17-2-1-9-26-17/h1-9H,10-12H2,(H,19,22)/b8-5+. The van der Waals surface area contributed by atoms with Crippen LogP contribution >= 0.6 is 23.6 Å². The van der Waals surface area contributed by atoms with Crippen molar-refractivity contribution in [2.75, 3.05) is 6.54 Å². The Morgan fingerprint density at radius 3 is 2.58 bits per heavy atom. The minimum atomic E-state index is -0.482. The van der Waals surface area contributed by atoms with Crippen molar-refractivity contribution in [1.29, 1.82) is 0 Å². The zero-order valence-corrected chi connectivity index (χ0v) is 15.3. The molecular formula is C18H16N2O4S2. The van der Waals surface area contributed by atoms with E-state index in [9.17, 15) is 19.7 Å². The van der Waals surface area contributed by atoms with Crippen molar-refractivity contribution in [3.05, 3.63) is 68.4 Å². The molecule has 1 aromatic carbocycles. The van der Waals surface area contributed by atoms with Crippen molar-refractivity contribution in [2.24, 2.45) is 0 Å². The molecule has 2 aromatic rings. The van der Waals surface area contributed by atoms with Crippen LogP contribution in [0.25, 0.3) is 6.08 Å². The number of thiophene rings is 1. The molecule has 0 fully saturated rings. The summed E-state index contributed by atoms with van der Waals surface area (Å²) in [6.45, 7) is 0.177. The second kappa shape index (κ2) is 9.69. The topological polar surface area (TPSA) is 89.3 Å². The normalized spacial score (nSPS) is 10.6. The van der Waals surface area contributed by atoms with Crippen LogP contribution in [0.15, 0.2) is 47.9 Å². The fourth-order valence-electron chi connectivity index (χ4n) is 2.04. The van der Waals surface area contributed by atoms with Crippen LogP contribution in [0.1, 0.15) is 16.9 Å². The molecule has 1 N–H and O–H groups in total. The predicted octanol–water partition coefficient (Wildman–Crippen LogP) is 3.36. The van der Waals surface area contributed by atoms with E-state index in [0.29, 0.717) is 16.8 Å². The van der Waals surface area contributed by atoms with Crippen LogP contribution in [0.3, 0.4) is 0 Å². The number of thiocarbonyl (C=S) groups is 1. The van der Waals surface area contributed by atoms with Gasteiger partial charge in [0, 0.05) is 34.8 Å². The molecule has 1 heterocycles. The van der Waals surface area contributed by atoms with Gasteiger partial charge in [-0.25, -0.2) is 0 Å². The van der Waals surface area contributed by atoms with Gasteiger partial charge in [0.25, 0.3) is 5.69 Å². The number of nitro benzene ring substituents is 1. The zero-order chi connectivity index (χ0) is 18.9. The summed E-state index contributed by atoms with van der Waals surface area (Å²) in [6.07, 6.45) is 3.30. The summed E-state index contributed by atoms with van der Waals surface area (Å²) in [6, 6.07) is 9.63. The molecule has 1 amide bonds. The average Bonchev–Trinajstić information content (AvgIpc) is 3.11. The second-order valence-corrected chi connectivity index (χ2v) is 7.01. The molecule has 2 rings (SSSR count). The van der Waals surface area contributed by atoms with E-state index in [0.717, 1.165) is 4.88 Å². The summed E-state index contributed by atoms with van der Waals surface area (Å²) in [7, 11) is 0. The molecule has 26 heavy (non-hydrogen) atoms. The lowest BCUT2D eigenvalue weighted by Gasteiger charge is -2.04. The van der Waals surface area contributed by atoms with Crippen molar-refractivity contribution < 1.29 is 14.5 Å². The first-order chi connectivity index (χ1) is 12.4. The smallest absolute Gasteiger partial charge is 0.269 e. The molecule has 0 aliphatic heterocycles. The molecule has 0 saturated heterocycles. The third-order valence-electron chi connectivity index (χ3n) is 3.33. The Kier molecular flexibility index (Phi) is 7.31. The van der Waals surface area contributed by atoms with Gasteiger partial charge in [0.2, 0.25) is 5.91 Å². The van der Waals surface area contributed by atoms with Crippen molar-refractivity contribution in [1.82, 2.24) is 5.32 Å². The van der Waals surface area contributed by atoms with Crippen molar-refractivity contribution in [3.63, 3.8) is 0 Å². The maximum atomic E-state index is 11.9. The van der Waals surface area contributed by atoms with Crippen LogP contribution in [0.5, 0.6) is 0 Å². The number of non-ortho nitro benzene ring substituents is 1. The number of nitrogens with zero attached hydrogens (tertiary/aromatic N) is 1. The molecular weight excluding hydrogens is 372 g/mol. The molecule has 0 aliphatic carbocycles. The lowest BCUT2D eigenvalue weighted by molar-refractivity contribution is -0.384. The Labute approximate surface area is 159 Å². The van der Waals surface area contributed by atoms with E-state index in [1.807, 2.05) is 17.5 Å². The number of rotatable bonds is 9. The van der Waals surface area contributed by atoms with Crippen molar-refractivity contribution in [2.45, 2.75) is 12.8 Å². The number of hydrogen-bond acceptors (Lipinski definition) is 6. The predicted molar refractivity (Wildman–Crippen MR) is 105 cm³/mol. The summed E-state index contributed by atoms with van der Waals surface area (Å²) < 4.78 is 0. The summed E-state index contributed by atoms with van der Waals surface area (Å²) >= 11 is 6.64. The Morgan fingerprint density at radius 2 is 1.96 bits per heavy atom. The monoisotopic (exact) mass is 388 g/mol. The summed E-state index contributed by atoms with van der Waals surface area (Å²) in [5.74, 6) is -0.329. The molecule has 0 unspecified atom stereocenters. The van der Waals surface area contributed by atoms with Gasteiger partial charge >= 0.3 is 0 Å². The van der Waals surface area contributed by atoms with Gasteiger partial charge in [-0.2, -0.15) is 0 Å². The second-order valence-electron chi connectivity index (χ2n) is 5.40. The van der Waals surface area contributed by atoms with Gasteiger partial charge in [0.05, 0.1) is 11.3 Å². The Bertz CT molecular complexity index is 827. The molecule has 134 valence electrons. The minimum Gasteiger partial charge on any atom is -0.351 e. The van der Waals surface area contributed by atoms with Gasteiger partial charge in [-0.3, -0.25) is 19.7 Å². The Hall–Kier alpha value is -2.71. The number of nitro groups is 1. The van der Waals surface area contributed by atoms with E-state index in [1.54, 1.807) is 18.2 Å². The summed E-state index contributed by atoms with van der Waals surface area (Å²) in [5.41, 5.74) is 0.673. The molecule has 0 radical (unpaired) electrons. The highest BCUT2D eigenvalue weighted by Gasteiger charge is 2.08. The molecule has 0 saturated carbocycles. The Morgan fingerprint density at radius 1 is 1.23 bits per heavy atom. The van der Waals surface area contributed by atoms with Crippen LogP contribution in [-0.2, 0) is 16.0 Å². The number of hydrogen-bond donors (Lipinski definition) is 1. The zero-order valence-electron chi connectivity index (χ0n) is 13.7. The van der Waals surface area contributed by atoms with Crippen LogP contribution in [-0.4, -0.2) is 28.0 Å². The summed E-state index contributed by atoms with van der Waals surface area (Å²) in [5, 5.41) is 15.2. The van der Waals surface area contributed by atoms with E-state index in [1.165, 1.54) is 29.5 Å². The molecule has 0 aliphatic rings. The third-order valence-corrected chi connectivity index (χ3v) is 4.50. The molecule has 0 bridgehead atoms. The van der Waals surface area contributed by atoms with Crippen molar-refractivity contribution in [3.8, 4) is 0 Å². The van der Waals surface area contributed by atoms with Gasteiger partial charge in [-0.1, -0.05) is 24.4 Å². The molecule has 6 nitrogen and oxygen atoms in total. The quantitative estimate of drug-likeness (QED) is 0.308. The number of carbonyl (C=O) groups is 2. The number of allylic oxidation sites excluding steroid dienone is 1. The molecule has 0 spiro atoms. The number of benzene rings is 1. The highest BCUT2D eigenvalue weighted by atomic mass is 32.1. The first kappa shape index (κ1) is 19.6. The highest BCUT2D eigenvalue weighted by molar-refractivity contribution is 7.80. The average molecular weight is 388 g/mol. The number of nitrogens with one attached hydrogen (secondary N) is 1. The SMILES string of the molecule is O=C(/C=C/c1ccc([N+](=O)[O-])cc1)CC(=S)CNC(=O)Cc1cccs1. The van der Waals surface area contributed by atoms with Gasteiger partial charge in [0.1, 0.15) is 0 Å². The Balaban J connectivity index is 1.75. The van der Waals surface area contributed by atoms with E-state index in [2.05, 4.69) is 5.32 Å². The van der Waals surface area contributed by atoms with E-state index < -0.39 is 4.92 Å². The number of amides is 1. The number of ketones is 1.